The van der Waals surface area contributed by atoms with E-state index in [0.717, 1.165) is 146 Å². The number of carbonyl (C=O) groups excluding carboxylic acids is 7. The lowest BCUT2D eigenvalue weighted by Crippen LogP contribution is -2.57. The van der Waals surface area contributed by atoms with Gasteiger partial charge in [0.2, 0.25) is 29.5 Å². The highest BCUT2D eigenvalue weighted by molar-refractivity contribution is 7.91. The van der Waals surface area contributed by atoms with Crippen LogP contribution in [0.2, 0.25) is 0 Å². The molecular weight excluding hydrogens is 1660 g/mol. The summed E-state index contributed by atoms with van der Waals surface area (Å²) < 4.78 is 132. The largest absolute Gasteiger partial charge is 0.480 e. The summed E-state index contributed by atoms with van der Waals surface area (Å²) >= 11 is 0. The lowest BCUT2D eigenvalue weighted by atomic mass is 9.83. The number of amides is 7. The van der Waals surface area contributed by atoms with Crippen LogP contribution in [0.25, 0.3) is 32.7 Å². The second kappa shape index (κ2) is 42.7. The van der Waals surface area contributed by atoms with E-state index in [4.69, 9.17) is 20.3 Å². The molecule has 690 valence electrons. The molecule has 6 aliphatic rings. The van der Waals surface area contributed by atoms with E-state index in [-0.39, 0.29) is 81.6 Å². The number of nitrogens with two attached hydrogens (primary N) is 1. The van der Waals surface area contributed by atoms with Crippen molar-refractivity contribution in [1.29, 1.82) is 0 Å². The number of carbonyl (C=O) groups is 8. The number of ether oxygens (including phenoxy) is 2. The van der Waals surface area contributed by atoms with Gasteiger partial charge in [0.25, 0.3) is 0 Å². The fourth-order valence-corrected chi connectivity index (χ4v) is 20.3. The van der Waals surface area contributed by atoms with Crippen molar-refractivity contribution in [3.63, 3.8) is 0 Å². The highest BCUT2D eigenvalue weighted by atomic mass is 32.2. The SMILES string of the molecule is C.CN[C@@H](C)C(=O)N[C@H](C(=O)N1CCC[C@H]1Cn1cc(S(C)(=O)=O)c2cc(F)ccc21)C1CCCCC1.CS(=O)(=O)c1cn(C[C@@H]2CCCN2C(=O)[C@@H](N)C2CCCCC2)c2ccc(F)cc12.C[C@@H](C(=O)N[C@H](C(=O)N1CCC[C@H]1Cn1cc(S(C)(=O)=O)c2cc(F)ccc21)C1CCCCC1)N(C)C(=O)OC(C)(C)C.C[C@@H](C(=O)O)N(C)C(=O)OC(C)(C)C. The molecule has 35 heteroatoms. The first-order valence-corrected chi connectivity index (χ1v) is 48.8. The van der Waals surface area contributed by atoms with Gasteiger partial charge in [-0.05, 0) is 219 Å². The fourth-order valence-electron chi connectivity index (χ4n) is 17.6. The van der Waals surface area contributed by atoms with Gasteiger partial charge in [-0.25, -0.2) is 52.8 Å². The summed E-state index contributed by atoms with van der Waals surface area (Å²) in [5.74, 6) is -3.06. The number of carboxylic acids is 1. The Morgan fingerprint density at radius 1 is 0.468 bits per heavy atom. The smallest absolute Gasteiger partial charge is 0.410 e. The molecule has 6 aromatic rings. The number of hydrogen-bond acceptors (Lipinski definition) is 18. The number of nitrogens with one attached hydrogen (secondary N) is 3. The van der Waals surface area contributed by atoms with Crippen molar-refractivity contribution in [1.82, 2.24) is 54.2 Å². The topological polar surface area (TPSA) is 371 Å². The van der Waals surface area contributed by atoms with Crippen LogP contribution in [0.3, 0.4) is 0 Å². The maximum Gasteiger partial charge on any atom is 0.410 e. The maximum absolute atomic E-state index is 14.2. The standard InChI is InChI=1S/C31H45FN4O6S.C26H37FN4O4S.C22H30FN3O3S.C9H17NO4.CH4/c1-20(34(5)30(39)42-31(2,3)4)28(37)33-27(21-11-8-7-9-12-21)29(38)36-16-10-13-23(36)18-35-19-26(43(6,40)41)24-17-22(32)14-15-25(24)35;1-17(28-2)25(32)29-24(18-8-5-4-6-9-18)26(33)31-13-7-10-20(31)15-30-16-23(36(3,34)35)21-14-19(27)11-12-22(21)30;1-30(28,29)20-14-25(19-10-9-16(23)12-18(19)20)13-17-8-5-11-26(17)22(27)21(24)15-6-3-2-4-7-15;1-6(7(11)12)10(5)8(13)14-9(2,3)4;/h14-15,17,19-21,23,27H,7-13,16,18H2,1-6H3,(H,33,37);11-12,14,16-18,20,24,28H,4-10,13,15H2,1-3H3,(H,29,32);9-10,12,14-15,17,21H,2-8,11,13,24H2,1H3;6H,1-5H3,(H,11,12);1H4/t20-,23-,27-;17-,20-,24-;17-,21-;6-;/m0000./s1. The first-order valence-electron chi connectivity index (χ1n) is 43.1. The average molecular weight is 1800 g/mol. The number of hydrogen-bond donors (Lipinski definition) is 5. The zero-order valence-corrected chi connectivity index (χ0v) is 76.4. The van der Waals surface area contributed by atoms with Crippen LogP contribution < -0.4 is 21.7 Å². The Balaban J connectivity index is 0.000000215. The summed E-state index contributed by atoms with van der Waals surface area (Å²) in [5.41, 5.74) is 6.92. The molecule has 7 amide bonds. The minimum atomic E-state index is -3.61. The molecule has 3 saturated carbocycles. The third kappa shape index (κ3) is 26.0. The van der Waals surface area contributed by atoms with Crippen molar-refractivity contribution in [2.75, 3.05) is 59.5 Å². The van der Waals surface area contributed by atoms with Crippen LogP contribution in [0.4, 0.5) is 22.8 Å². The number of carboxylic acid groups (broad SMARTS) is 1. The van der Waals surface area contributed by atoms with E-state index in [0.29, 0.717) is 78.4 Å². The summed E-state index contributed by atoms with van der Waals surface area (Å²) in [6.45, 7) is 18.3. The molecule has 0 radical (unpaired) electrons. The number of likely N-dealkylation sites (tertiary alicyclic amines) is 3. The molecule has 6 N–H and O–H groups in total. The van der Waals surface area contributed by atoms with Crippen molar-refractivity contribution in [2.24, 2.45) is 23.5 Å². The summed E-state index contributed by atoms with van der Waals surface area (Å²) in [5, 5.41) is 18.7. The van der Waals surface area contributed by atoms with Crippen LogP contribution in [0, 0.1) is 35.2 Å². The fraction of sp³-hybridized carbons (Fsp3) is 0.640. The molecule has 0 bridgehead atoms. The van der Waals surface area contributed by atoms with Crippen LogP contribution in [-0.4, -0.2) is 241 Å². The number of aromatic nitrogens is 3. The van der Waals surface area contributed by atoms with E-state index in [2.05, 4.69) is 16.0 Å². The lowest BCUT2D eigenvalue weighted by molar-refractivity contribution is -0.142. The van der Waals surface area contributed by atoms with Crippen molar-refractivity contribution < 1.29 is 91.4 Å². The van der Waals surface area contributed by atoms with Gasteiger partial charge >= 0.3 is 18.2 Å². The zero-order chi connectivity index (χ0) is 90.7. The molecule has 6 fully saturated rings. The Labute approximate surface area is 729 Å². The van der Waals surface area contributed by atoms with Gasteiger partial charge in [0.1, 0.15) is 52.8 Å². The molecule has 0 spiro atoms. The predicted molar refractivity (Wildman–Crippen MR) is 471 cm³/mol. The summed E-state index contributed by atoms with van der Waals surface area (Å²) in [6, 6.07) is 8.10. The Morgan fingerprint density at radius 3 is 1.06 bits per heavy atom. The monoisotopic (exact) mass is 1790 g/mol. The van der Waals surface area contributed by atoms with E-state index in [1.165, 1.54) is 74.9 Å². The quantitative estimate of drug-likeness (QED) is 0.0398. The van der Waals surface area contributed by atoms with Crippen molar-refractivity contribution >= 4 is 110 Å². The molecule has 0 unspecified atom stereocenters. The minimum absolute atomic E-state index is 0. The van der Waals surface area contributed by atoms with E-state index >= 15 is 0 Å². The van der Waals surface area contributed by atoms with Crippen LogP contribution in [-0.2, 0) is 87.4 Å². The van der Waals surface area contributed by atoms with Gasteiger partial charge in [-0.15, -0.1) is 0 Å². The van der Waals surface area contributed by atoms with E-state index < -0.39 is 118 Å². The van der Waals surface area contributed by atoms with Gasteiger partial charge in [-0.2, -0.15) is 0 Å². The third-order valence-corrected chi connectivity index (χ3v) is 28.1. The summed E-state index contributed by atoms with van der Waals surface area (Å²) in [7, 11) is -6.06. The molecule has 6 heterocycles. The number of halogens is 3. The number of likely N-dealkylation sites (N-methyl/N-ethyl adjacent to an activating group) is 3. The molecule has 9 atom stereocenters. The van der Waals surface area contributed by atoms with Gasteiger partial charge in [0.05, 0.1) is 26.8 Å². The van der Waals surface area contributed by atoms with Crippen LogP contribution in [0.15, 0.2) is 87.9 Å². The Hall–Kier alpha value is -8.80. The van der Waals surface area contributed by atoms with Gasteiger partial charge in [0.15, 0.2) is 29.5 Å². The number of rotatable bonds is 23. The third-order valence-electron chi connectivity index (χ3n) is 24.7. The first-order chi connectivity index (χ1) is 57.6. The Kier molecular flexibility index (Phi) is 34.6. The van der Waals surface area contributed by atoms with Crippen LogP contribution in [0.5, 0.6) is 0 Å². The van der Waals surface area contributed by atoms with Gasteiger partial charge in [0, 0.05) is 142 Å². The molecular formula is C89H133F3N12O17S3. The number of fused-ring (bicyclic) bond motifs is 3. The van der Waals surface area contributed by atoms with Crippen molar-refractivity contribution in [3.8, 4) is 0 Å². The minimum Gasteiger partial charge on any atom is -0.480 e. The molecule has 3 aromatic heterocycles. The second-order valence-corrected chi connectivity index (χ2v) is 42.2. The average Bonchev–Trinajstić information content (AvgIpc) is 1.63. The number of sulfone groups is 3. The summed E-state index contributed by atoms with van der Waals surface area (Å²) in [4.78, 5) is 110. The number of aliphatic carboxylic acids is 1. The second-order valence-electron chi connectivity index (χ2n) is 36.3. The van der Waals surface area contributed by atoms with Crippen molar-refractivity contribution in [3.05, 3.63) is 90.6 Å². The number of benzene rings is 3. The molecule has 29 nitrogen and oxygen atoms in total. The Morgan fingerprint density at radius 2 is 0.766 bits per heavy atom. The van der Waals surface area contributed by atoms with E-state index in [1.807, 2.05) is 18.9 Å². The van der Waals surface area contributed by atoms with Crippen LogP contribution in [0.1, 0.15) is 205 Å². The van der Waals surface area contributed by atoms with E-state index in [1.54, 1.807) is 102 Å². The first kappa shape index (κ1) is 101. The molecule has 3 saturated heterocycles. The molecule has 12 rings (SSSR count). The van der Waals surface area contributed by atoms with Crippen LogP contribution >= 0.6 is 0 Å². The lowest BCUT2D eigenvalue weighted by Gasteiger charge is -2.36. The highest BCUT2D eigenvalue weighted by Crippen LogP contribution is 2.37. The Bertz CT molecular complexity index is 5120. The van der Waals surface area contributed by atoms with Crippen molar-refractivity contribution in [2.45, 2.75) is 304 Å². The highest BCUT2D eigenvalue weighted by Gasteiger charge is 2.43. The molecule has 3 aliphatic heterocycles. The number of nitrogens with zero attached hydrogens (tertiary/aromatic N) is 8. The zero-order valence-electron chi connectivity index (χ0n) is 73.9. The van der Waals surface area contributed by atoms with E-state index in [9.17, 15) is 76.8 Å². The van der Waals surface area contributed by atoms with Gasteiger partial charge in [-0.1, -0.05) is 65.2 Å². The van der Waals surface area contributed by atoms with Gasteiger partial charge < -0.3 is 64.7 Å². The molecule has 3 aromatic carbocycles. The molecule has 3 aliphatic carbocycles. The normalized spacial score (nSPS) is 19.7. The molecule has 124 heavy (non-hydrogen) atoms. The predicted octanol–water partition coefficient (Wildman–Crippen LogP) is 12.4. The summed E-state index contributed by atoms with van der Waals surface area (Å²) in [6.07, 6.45) is 26.8. The van der Waals surface area contributed by atoms with Gasteiger partial charge in [-0.3, -0.25) is 33.8 Å². The maximum atomic E-state index is 14.2.